The first-order chi connectivity index (χ1) is 18.3. The van der Waals surface area contributed by atoms with Crippen molar-refractivity contribution in [3.63, 3.8) is 0 Å². The van der Waals surface area contributed by atoms with Gasteiger partial charge in [-0.1, -0.05) is 58.5 Å². The topological polar surface area (TPSA) is 7.12 Å². The molecule has 2 nitrogen and oxygen atoms in total. The van der Waals surface area contributed by atoms with Gasteiger partial charge < -0.3 is 4.90 Å². The Balaban J connectivity index is 1.29. The summed E-state index contributed by atoms with van der Waals surface area (Å²) in [5, 5.41) is 4.20. The summed E-state index contributed by atoms with van der Waals surface area (Å²) >= 11 is 20.1. The number of nitrogens with zero attached hydrogens (tertiary/aromatic N) is 2. The van der Waals surface area contributed by atoms with E-state index in [4.69, 9.17) is 23.2 Å². The Kier molecular flexibility index (Phi) is 7.75. The zero-order valence-corrected chi connectivity index (χ0v) is 26.6. The number of hydrogen-bond acceptors (Lipinski definition) is 5. The molecule has 0 saturated heterocycles. The zero-order valence-electron chi connectivity index (χ0n) is 21.8. The number of aromatic nitrogens is 1. The highest BCUT2D eigenvalue weighted by Gasteiger charge is 2.27. The Morgan fingerprint density at radius 1 is 0.974 bits per heavy atom. The van der Waals surface area contributed by atoms with Crippen LogP contribution in [0.3, 0.4) is 0 Å². The van der Waals surface area contributed by atoms with E-state index in [9.17, 15) is 0 Å². The molecule has 196 valence electrons. The average Bonchev–Trinajstić information content (AvgIpc) is 3.37. The number of thiazole rings is 1. The normalized spacial score (nSPS) is 21.2. The first-order valence-electron chi connectivity index (χ1n) is 12.6. The molecule has 3 aliphatic rings. The van der Waals surface area contributed by atoms with Gasteiger partial charge in [-0.3, -0.25) is 0 Å². The molecule has 1 aliphatic heterocycles. The van der Waals surface area contributed by atoms with Crippen LogP contribution in [-0.4, -0.2) is 19.6 Å². The van der Waals surface area contributed by atoms with Crippen molar-refractivity contribution in [1.29, 1.82) is 0 Å². The molecule has 0 radical (unpaired) electrons. The largest absolute Gasteiger partial charge is 0.338 e. The molecule has 3 aromatic rings. The molecular weight excluding hydrogens is 588 g/mol. The van der Waals surface area contributed by atoms with Crippen LogP contribution in [0.4, 0.5) is 5.69 Å². The standard InChI is InChI=1S/C30H29Cl2N2S4/c1-33-23-13-21(31)25(35-3)15-27(23)37-29(33)11-17-5-7-19-8-6-18(10-20(19)9-17)12-30-34(2)24-14-22(32)26(36-4)16-28(24)38-30/h9-16,19H,5-8H2,1-4H3/q+1. The third-order valence-electron chi connectivity index (χ3n) is 7.64. The summed E-state index contributed by atoms with van der Waals surface area (Å²) < 4.78 is 3.56. The van der Waals surface area contributed by atoms with Crippen molar-refractivity contribution >= 4 is 91.8 Å². The second-order valence-corrected chi connectivity index (χ2v) is 14.5. The number of halogens is 2. The van der Waals surface area contributed by atoms with Crippen molar-refractivity contribution in [3.8, 4) is 0 Å². The van der Waals surface area contributed by atoms with Gasteiger partial charge in [0, 0.05) is 33.9 Å². The predicted molar refractivity (Wildman–Crippen MR) is 171 cm³/mol. The number of hydrogen-bond donors (Lipinski definition) is 0. The third kappa shape index (κ3) is 5.02. The van der Waals surface area contributed by atoms with Crippen LogP contribution in [0.25, 0.3) is 16.3 Å². The number of benzene rings is 2. The fourth-order valence-electron chi connectivity index (χ4n) is 5.46. The minimum atomic E-state index is 0.669. The van der Waals surface area contributed by atoms with Crippen molar-refractivity contribution in [3.05, 3.63) is 79.3 Å². The molecule has 0 spiro atoms. The van der Waals surface area contributed by atoms with E-state index >= 15 is 0 Å². The van der Waals surface area contributed by atoms with Gasteiger partial charge in [0.25, 0.3) is 5.01 Å². The maximum Gasteiger partial charge on any atom is 0.262 e. The molecular formula is C30H29Cl2N2S4+. The van der Waals surface area contributed by atoms with E-state index in [0.717, 1.165) is 32.7 Å². The first kappa shape index (κ1) is 26.9. The van der Waals surface area contributed by atoms with Gasteiger partial charge in [-0.05, 0) is 85.1 Å². The molecule has 1 atom stereocenters. The van der Waals surface area contributed by atoms with E-state index < -0.39 is 0 Å². The first-order valence-corrected chi connectivity index (χ1v) is 17.5. The Morgan fingerprint density at radius 2 is 1.71 bits per heavy atom. The van der Waals surface area contributed by atoms with Gasteiger partial charge >= 0.3 is 0 Å². The molecule has 0 N–H and O–H groups in total. The molecule has 8 heteroatoms. The van der Waals surface area contributed by atoms with E-state index in [1.54, 1.807) is 23.5 Å². The summed E-state index contributed by atoms with van der Waals surface area (Å²) in [5.74, 6) is 0.669. The number of anilines is 1. The molecule has 0 fully saturated rings. The third-order valence-corrected chi connectivity index (χ3v) is 12.3. The lowest BCUT2D eigenvalue weighted by Gasteiger charge is -2.28. The minimum absolute atomic E-state index is 0.669. The zero-order chi connectivity index (χ0) is 26.6. The highest BCUT2D eigenvalue weighted by molar-refractivity contribution is 8.03. The quantitative estimate of drug-likeness (QED) is 0.213. The van der Waals surface area contributed by atoms with Crippen LogP contribution in [0.5, 0.6) is 0 Å². The van der Waals surface area contributed by atoms with E-state index in [1.165, 1.54) is 60.4 Å². The van der Waals surface area contributed by atoms with E-state index in [2.05, 4.69) is 84.6 Å². The summed E-state index contributed by atoms with van der Waals surface area (Å²) in [6, 6.07) is 8.65. The van der Waals surface area contributed by atoms with Crippen molar-refractivity contribution in [2.24, 2.45) is 13.0 Å². The Morgan fingerprint density at radius 3 is 2.50 bits per heavy atom. The second-order valence-electron chi connectivity index (χ2n) is 9.91. The monoisotopic (exact) mass is 615 g/mol. The molecule has 0 bridgehead atoms. The van der Waals surface area contributed by atoms with Gasteiger partial charge in [0.2, 0.25) is 5.52 Å². The summed E-state index contributed by atoms with van der Waals surface area (Å²) in [5.41, 5.74) is 6.70. The predicted octanol–water partition coefficient (Wildman–Crippen LogP) is 10.00. The van der Waals surface area contributed by atoms with E-state index in [0.29, 0.717) is 5.92 Å². The number of aryl methyl sites for hydroxylation is 1. The Bertz CT molecular complexity index is 1580. The summed E-state index contributed by atoms with van der Waals surface area (Å²) in [6.45, 7) is 0. The van der Waals surface area contributed by atoms with Crippen molar-refractivity contribution in [2.75, 3.05) is 24.5 Å². The SMILES string of the molecule is CSc1cc2c(cc1Cl)N(C)C(=CC1=CC3=CC(=Cc4sc5cc(SC)c(Cl)cc5[n+]4C)CCC3CC1)S2. The second kappa shape index (κ2) is 10.9. The summed E-state index contributed by atoms with van der Waals surface area (Å²) in [4.78, 5) is 5.84. The molecule has 0 saturated carbocycles. The van der Waals surface area contributed by atoms with Crippen molar-refractivity contribution < 1.29 is 4.57 Å². The van der Waals surface area contributed by atoms with Crippen LogP contribution in [0.2, 0.25) is 10.0 Å². The summed E-state index contributed by atoms with van der Waals surface area (Å²) in [7, 11) is 4.29. The highest BCUT2D eigenvalue weighted by Crippen LogP contribution is 2.49. The van der Waals surface area contributed by atoms with Gasteiger partial charge in [-0.2, -0.15) is 4.57 Å². The van der Waals surface area contributed by atoms with Crippen LogP contribution in [0, 0.1) is 5.92 Å². The molecule has 2 heterocycles. The molecule has 2 aromatic carbocycles. The maximum atomic E-state index is 6.51. The average molecular weight is 617 g/mol. The van der Waals surface area contributed by atoms with Gasteiger partial charge in [0.1, 0.15) is 11.7 Å². The van der Waals surface area contributed by atoms with E-state index in [-0.39, 0.29) is 0 Å². The number of thioether (sulfide) groups is 3. The van der Waals surface area contributed by atoms with Gasteiger partial charge in [-0.15, -0.1) is 23.5 Å². The molecule has 0 amide bonds. The fourth-order valence-corrected chi connectivity index (χ4v) is 9.66. The number of allylic oxidation sites excluding steroid dienone is 6. The van der Waals surface area contributed by atoms with Gasteiger partial charge in [-0.25, -0.2) is 0 Å². The molecule has 1 aromatic heterocycles. The van der Waals surface area contributed by atoms with Gasteiger partial charge in [0.05, 0.1) is 20.8 Å². The lowest BCUT2D eigenvalue weighted by Crippen LogP contribution is -2.29. The van der Waals surface area contributed by atoms with E-state index in [1.807, 2.05) is 23.1 Å². The van der Waals surface area contributed by atoms with Crippen LogP contribution in [0.15, 0.2) is 78.9 Å². The van der Waals surface area contributed by atoms with Crippen LogP contribution >= 0.6 is 69.8 Å². The van der Waals surface area contributed by atoms with Gasteiger partial charge in [0.15, 0.2) is 0 Å². The van der Waals surface area contributed by atoms with Crippen LogP contribution < -0.4 is 9.47 Å². The lowest BCUT2D eigenvalue weighted by atomic mass is 9.77. The van der Waals surface area contributed by atoms with Crippen LogP contribution in [-0.2, 0) is 7.05 Å². The Hall–Kier alpha value is -1.28. The molecule has 2 aliphatic carbocycles. The number of rotatable bonds is 4. The maximum absolute atomic E-state index is 6.51. The smallest absolute Gasteiger partial charge is 0.262 e. The molecule has 1 unspecified atom stereocenters. The minimum Gasteiger partial charge on any atom is -0.338 e. The van der Waals surface area contributed by atoms with Crippen molar-refractivity contribution in [1.82, 2.24) is 0 Å². The summed E-state index contributed by atoms with van der Waals surface area (Å²) in [6.07, 6.45) is 18.5. The lowest BCUT2D eigenvalue weighted by molar-refractivity contribution is -0.642. The fraction of sp³-hybridized carbons (Fsp3) is 0.300. The molecule has 38 heavy (non-hydrogen) atoms. The Labute approximate surface area is 251 Å². The van der Waals surface area contributed by atoms with Crippen LogP contribution in [0.1, 0.15) is 30.7 Å². The molecule has 6 rings (SSSR count). The number of fused-ring (bicyclic) bond motifs is 3. The van der Waals surface area contributed by atoms with Crippen molar-refractivity contribution in [2.45, 2.75) is 40.4 Å². The highest BCUT2D eigenvalue weighted by atomic mass is 35.5.